The largest absolute Gasteiger partial charge is 0.320 e. The molecular weight excluding hydrogens is 339 g/mol. The maximum Gasteiger partial charge on any atom is 0.257 e. The Bertz CT molecular complexity index is 604. The summed E-state index contributed by atoms with van der Waals surface area (Å²) in [5.74, 6) is -0.337. The number of benzene rings is 1. The summed E-state index contributed by atoms with van der Waals surface area (Å²) in [7, 11) is 0. The van der Waals surface area contributed by atoms with E-state index >= 15 is 0 Å². The fourth-order valence-corrected chi connectivity index (χ4v) is 2.07. The lowest BCUT2D eigenvalue weighted by Crippen LogP contribution is -2.13. The zero-order chi connectivity index (χ0) is 13.1. The molecule has 92 valence electrons. The highest BCUT2D eigenvalue weighted by molar-refractivity contribution is 9.10. The van der Waals surface area contributed by atoms with Crippen LogP contribution in [-0.4, -0.2) is 10.9 Å². The van der Waals surface area contributed by atoms with Crippen molar-refractivity contribution in [3.8, 4) is 0 Å². The van der Waals surface area contributed by atoms with E-state index in [4.69, 9.17) is 23.2 Å². The fourth-order valence-electron chi connectivity index (χ4n) is 1.34. The zero-order valence-electron chi connectivity index (χ0n) is 8.95. The summed E-state index contributed by atoms with van der Waals surface area (Å²) in [6.07, 6.45) is 1.62. The maximum atomic E-state index is 12.0. The highest BCUT2D eigenvalue weighted by Gasteiger charge is 2.12. The third kappa shape index (κ3) is 3.02. The minimum absolute atomic E-state index is 0.319. The molecule has 0 saturated carbocycles. The van der Waals surface area contributed by atoms with Gasteiger partial charge in [0.2, 0.25) is 0 Å². The Morgan fingerprint density at radius 1 is 1.28 bits per heavy atom. The molecule has 2 rings (SSSR count). The molecule has 1 heterocycles. The van der Waals surface area contributed by atoms with Crippen LogP contribution in [0.4, 0.5) is 5.69 Å². The van der Waals surface area contributed by atoms with Gasteiger partial charge in [0, 0.05) is 11.2 Å². The number of hydrogen-bond donors (Lipinski definition) is 1. The predicted octanol–water partition coefficient (Wildman–Crippen LogP) is 4.40. The minimum Gasteiger partial charge on any atom is -0.320 e. The first-order chi connectivity index (χ1) is 8.58. The number of nitrogens with one attached hydrogen (secondary N) is 1. The average molecular weight is 346 g/mol. The second-order valence-corrected chi connectivity index (χ2v) is 5.01. The highest BCUT2D eigenvalue weighted by Crippen LogP contribution is 2.23. The molecule has 18 heavy (non-hydrogen) atoms. The summed E-state index contributed by atoms with van der Waals surface area (Å²) in [6, 6.07) is 8.18. The second kappa shape index (κ2) is 5.69. The molecule has 3 nitrogen and oxygen atoms in total. The maximum absolute atomic E-state index is 12.0. The van der Waals surface area contributed by atoms with E-state index in [1.165, 1.54) is 6.07 Å². The van der Waals surface area contributed by atoms with E-state index in [0.717, 1.165) is 0 Å². The molecule has 0 atom stereocenters. The third-order valence-corrected chi connectivity index (χ3v) is 3.38. The van der Waals surface area contributed by atoms with Gasteiger partial charge in [-0.05, 0) is 46.3 Å². The average Bonchev–Trinajstić information content (AvgIpc) is 2.35. The van der Waals surface area contributed by atoms with Crippen LogP contribution in [0.15, 0.2) is 41.1 Å². The van der Waals surface area contributed by atoms with Crippen LogP contribution in [0.1, 0.15) is 10.4 Å². The SMILES string of the molecule is O=C(Nc1cccnc1Br)c1cc(Cl)ccc1Cl. The van der Waals surface area contributed by atoms with E-state index in [1.807, 2.05) is 0 Å². The van der Waals surface area contributed by atoms with Crippen LogP contribution in [0.3, 0.4) is 0 Å². The number of hydrogen-bond acceptors (Lipinski definition) is 2. The Morgan fingerprint density at radius 3 is 2.78 bits per heavy atom. The second-order valence-electron chi connectivity index (χ2n) is 3.42. The van der Waals surface area contributed by atoms with Crippen molar-refractivity contribution in [1.29, 1.82) is 0 Å². The number of carbonyl (C=O) groups is 1. The van der Waals surface area contributed by atoms with Gasteiger partial charge in [-0.2, -0.15) is 0 Å². The molecule has 0 aliphatic rings. The minimum atomic E-state index is -0.337. The van der Waals surface area contributed by atoms with E-state index in [-0.39, 0.29) is 5.91 Å². The van der Waals surface area contributed by atoms with E-state index < -0.39 is 0 Å². The number of aromatic nitrogens is 1. The van der Waals surface area contributed by atoms with Crippen molar-refractivity contribution in [1.82, 2.24) is 4.98 Å². The molecule has 0 bridgehead atoms. The van der Waals surface area contributed by atoms with Crippen LogP contribution in [0.2, 0.25) is 10.0 Å². The van der Waals surface area contributed by atoms with Crippen molar-refractivity contribution in [2.45, 2.75) is 0 Å². The van der Waals surface area contributed by atoms with Crippen molar-refractivity contribution in [3.05, 3.63) is 56.7 Å². The number of halogens is 3. The van der Waals surface area contributed by atoms with E-state index in [2.05, 4.69) is 26.2 Å². The predicted molar refractivity (Wildman–Crippen MR) is 76.4 cm³/mol. The molecule has 0 fully saturated rings. The van der Waals surface area contributed by atoms with Gasteiger partial charge in [0.1, 0.15) is 4.60 Å². The van der Waals surface area contributed by atoms with Crippen LogP contribution in [-0.2, 0) is 0 Å². The highest BCUT2D eigenvalue weighted by atomic mass is 79.9. The molecule has 0 radical (unpaired) electrons. The first kappa shape index (κ1) is 13.3. The number of pyridine rings is 1. The van der Waals surface area contributed by atoms with Crippen molar-refractivity contribution >= 4 is 50.7 Å². The Balaban J connectivity index is 2.28. The molecule has 1 aromatic carbocycles. The van der Waals surface area contributed by atoms with Crippen molar-refractivity contribution in [2.24, 2.45) is 0 Å². The summed E-state index contributed by atoms with van der Waals surface area (Å²) in [5, 5.41) is 3.50. The van der Waals surface area contributed by atoms with Gasteiger partial charge < -0.3 is 5.32 Å². The summed E-state index contributed by atoms with van der Waals surface area (Å²) >= 11 is 15.0. The summed E-state index contributed by atoms with van der Waals surface area (Å²) < 4.78 is 0.552. The quantitative estimate of drug-likeness (QED) is 0.819. The Labute approximate surface area is 122 Å². The van der Waals surface area contributed by atoms with Gasteiger partial charge in [0.05, 0.1) is 16.3 Å². The van der Waals surface area contributed by atoms with Crippen molar-refractivity contribution in [3.63, 3.8) is 0 Å². The molecule has 0 spiro atoms. The third-order valence-electron chi connectivity index (χ3n) is 2.18. The first-order valence-electron chi connectivity index (χ1n) is 4.95. The van der Waals surface area contributed by atoms with Crippen molar-refractivity contribution in [2.75, 3.05) is 5.32 Å². The van der Waals surface area contributed by atoms with E-state index in [0.29, 0.717) is 25.9 Å². The topological polar surface area (TPSA) is 42.0 Å². The van der Waals surface area contributed by atoms with Gasteiger partial charge in [-0.1, -0.05) is 23.2 Å². The number of nitrogens with zero attached hydrogens (tertiary/aromatic N) is 1. The van der Waals surface area contributed by atoms with Crippen LogP contribution in [0, 0.1) is 0 Å². The van der Waals surface area contributed by atoms with Gasteiger partial charge in [-0.25, -0.2) is 4.98 Å². The lowest BCUT2D eigenvalue weighted by Gasteiger charge is -2.08. The van der Waals surface area contributed by atoms with Gasteiger partial charge >= 0.3 is 0 Å². The number of rotatable bonds is 2. The monoisotopic (exact) mass is 344 g/mol. The summed E-state index contributed by atoms with van der Waals surface area (Å²) in [4.78, 5) is 16.0. The fraction of sp³-hybridized carbons (Fsp3) is 0. The molecule has 6 heteroatoms. The Morgan fingerprint density at radius 2 is 2.06 bits per heavy atom. The van der Waals surface area contributed by atoms with Gasteiger partial charge in [-0.3, -0.25) is 4.79 Å². The normalized spacial score (nSPS) is 10.2. The van der Waals surface area contributed by atoms with Gasteiger partial charge in [-0.15, -0.1) is 0 Å². The number of carbonyl (C=O) groups excluding carboxylic acids is 1. The molecular formula is C12H7BrCl2N2O. The Hall–Kier alpha value is -1.10. The zero-order valence-corrected chi connectivity index (χ0v) is 12.1. The van der Waals surface area contributed by atoms with Crippen molar-refractivity contribution < 1.29 is 4.79 Å². The first-order valence-corrected chi connectivity index (χ1v) is 6.50. The van der Waals surface area contributed by atoms with E-state index in [9.17, 15) is 4.79 Å². The van der Waals surface area contributed by atoms with Gasteiger partial charge in [0.25, 0.3) is 5.91 Å². The molecule has 0 unspecified atom stereocenters. The molecule has 0 aliphatic heterocycles. The number of amides is 1. The van der Waals surface area contributed by atoms with Crippen LogP contribution < -0.4 is 5.32 Å². The van der Waals surface area contributed by atoms with Crippen LogP contribution in [0.25, 0.3) is 0 Å². The lowest BCUT2D eigenvalue weighted by molar-refractivity contribution is 0.102. The molecule has 1 amide bonds. The smallest absolute Gasteiger partial charge is 0.257 e. The molecule has 0 saturated heterocycles. The lowest BCUT2D eigenvalue weighted by atomic mass is 10.2. The molecule has 1 N–H and O–H groups in total. The summed E-state index contributed by atoms with van der Waals surface area (Å²) in [6.45, 7) is 0. The number of anilines is 1. The van der Waals surface area contributed by atoms with Crippen LogP contribution in [0.5, 0.6) is 0 Å². The van der Waals surface area contributed by atoms with Crippen LogP contribution >= 0.6 is 39.1 Å². The Kier molecular flexibility index (Phi) is 4.22. The van der Waals surface area contributed by atoms with E-state index in [1.54, 1.807) is 30.5 Å². The standard InChI is InChI=1S/C12H7BrCl2N2O/c13-11-10(2-1-5-16-11)17-12(18)8-6-7(14)3-4-9(8)15/h1-6H,(H,17,18). The van der Waals surface area contributed by atoms with Gasteiger partial charge in [0.15, 0.2) is 0 Å². The molecule has 0 aliphatic carbocycles. The molecule has 2 aromatic rings. The molecule has 1 aromatic heterocycles. The summed E-state index contributed by atoms with van der Waals surface area (Å²) in [5.41, 5.74) is 0.887.